The number of fused-ring (bicyclic) bond motifs is 1. The van der Waals surface area contributed by atoms with E-state index in [4.69, 9.17) is 0 Å². The maximum atomic E-state index is 13.3. The number of nitrogens with one attached hydrogen (secondary N) is 2. The Kier molecular flexibility index (Phi) is 6.27. The first kappa shape index (κ1) is 24.0. The molecule has 0 bridgehead atoms. The molecule has 5 rings (SSSR count). The first-order chi connectivity index (χ1) is 17.2. The number of para-hydroxylation sites is 1. The minimum Gasteiger partial charge on any atom is -0.465 e. The normalized spacial score (nSPS) is 18.6. The van der Waals surface area contributed by atoms with E-state index in [1.165, 1.54) is 11.0 Å². The summed E-state index contributed by atoms with van der Waals surface area (Å²) in [6, 6.07) is 13.1. The summed E-state index contributed by atoms with van der Waals surface area (Å²) in [6.07, 6.45) is 0.586. The number of sulfonamides is 1. The summed E-state index contributed by atoms with van der Waals surface area (Å²) in [7, 11) is -3.92. The molecular weight excluding hydrogens is 482 g/mol. The number of nitrogens with zero attached hydrogens (tertiary/aromatic N) is 3. The van der Waals surface area contributed by atoms with E-state index in [-0.39, 0.29) is 29.3 Å². The lowest BCUT2D eigenvalue weighted by molar-refractivity contribution is 0.0259. The first-order valence-electron chi connectivity index (χ1n) is 11.7. The van der Waals surface area contributed by atoms with Gasteiger partial charge in [0.05, 0.1) is 17.2 Å². The maximum absolute atomic E-state index is 13.3. The average Bonchev–Trinajstić information content (AvgIpc) is 2.83. The fourth-order valence-electron chi connectivity index (χ4n) is 4.81. The summed E-state index contributed by atoms with van der Waals surface area (Å²) < 4.78 is 29.0. The number of anilines is 1. The Morgan fingerprint density at radius 3 is 2.58 bits per heavy atom. The van der Waals surface area contributed by atoms with Crippen LogP contribution in [0, 0.1) is 12.8 Å². The molecule has 10 nitrogen and oxygen atoms in total. The number of carbonyl (C=O) groups excluding carboxylic acids is 1. The molecule has 0 spiro atoms. The number of aromatic nitrogens is 1. The highest BCUT2D eigenvalue weighted by atomic mass is 32.2. The van der Waals surface area contributed by atoms with Crippen LogP contribution >= 0.6 is 0 Å². The zero-order valence-corrected chi connectivity index (χ0v) is 20.5. The van der Waals surface area contributed by atoms with E-state index in [9.17, 15) is 23.1 Å². The smallest absolute Gasteiger partial charge is 0.407 e. The van der Waals surface area contributed by atoms with Gasteiger partial charge in [0.25, 0.3) is 15.9 Å². The van der Waals surface area contributed by atoms with Gasteiger partial charge in [0.2, 0.25) is 0 Å². The van der Waals surface area contributed by atoms with Crippen molar-refractivity contribution in [3.05, 3.63) is 65.9 Å². The monoisotopic (exact) mass is 509 g/mol. The minimum atomic E-state index is -3.92. The van der Waals surface area contributed by atoms with E-state index in [1.54, 1.807) is 60.5 Å². The second-order valence-corrected chi connectivity index (χ2v) is 10.8. The second-order valence-electron chi connectivity index (χ2n) is 9.18. The maximum Gasteiger partial charge on any atom is 0.407 e. The van der Waals surface area contributed by atoms with Crippen molar-refractivity contribution in [2.75, 3.05) is 37.4 Å². The van der Waals surface area contributed by atoms with Crippen molar-refractivity contribution < 1.29 is 23.1 Å². The molecule has 1 atom stereocenters. The number of carboxylic acid groups (broad SMARTS) is 1. The van der Waals surface area contributed by atoms with Crippen molar-refractivity contribution >= 4 is 38.6 Å². The van der Waals surface area contributed by atoms with Crippen LogP contribution in [0.4, 0.5) is 10.5 Å². The molecule has 0 aliphatic carbocycles. The molecule has 2 aliphatic rings. The highest BCUT2D eigenvalue weighted by molar-refractivity contribution is 7.93. The van der Waals surface area contributed by atoms with E-state index in [2.05, 4.69) is 15.0 Å². The molecule has 2 amide bonds. The molecule has 2 saturated heterocycles. The molecule has 1 unspecified atom stereocenters. The van der Waals surface area contributed by atoms with E-state index in [1.807, 2.05) is 0 Å². The third-order valence-corrected chi connectivity index (χ3v) is 8.31. The lowest BCUT2D eigenvalue weighted by atomic mass is 9.90. The molecule has 1 aromatic heterocycles. The third-order valence-electron chi connectivity index (χ3n) is 6.91. The molecule has 3 aromatic rings. The van der Waals surface area contributed by atoms with Gasteiger partial charge < -0.3 is 20.2 Å². The van der Waals surface area contributed by atoms with Crippen molar-refractivity contribution in [1.29, 1.82) is 0 Å². The van der Waals surface area contributed by atoms with Gasteiger partial charge in [0.15, 0.2) is 0 Å². The Bertz CT molecular complexity index is 1430. The fourth-order valence-corrected chi connectivity index (χ4v) is 6.12. The van der Waals surface area contributed by atoms with E-state index < -0.39 is 16.1 Å². The van der Waals surface area contributed by atoms with Gasteiger partial charge >= 0.3 is 6.09 Å². The highest BCUT2D eigenvalue weighted by Crippen LogP contribution is 2.27. The van der Waals surface area contributed by atoms with Crippen LogP contribution in [0.2, 0.25) is 0 Å². The zero-order chi connectivity index (χ0) is 25.4. The number of rotatable bonds is 5. The van der Waals surface area contributed by atoms with Crippen molar-refractivity contribution in [3.8, 4) is 0 Å². The summed E-state index contributed by atoms with van der Waals surface area (Å²) in [4.78, 5) is 32.4. The Hall–Kier alpha value is -3.70. The Morgan fingerprint density at radius 1 is 1.11 bits per heavy atom. The summed E-state index contributed by atoms with van der Waals surface area (Å²) in [5.41, 5.74) is 1.78. The first-order valence-corrected chi connectivity index (χ1v) is 13.2. The van der Waals surface area contributed by atoms with Gasteiger partial charge in [-0.15, -0.1) is 0 Å². The molecule has 0 saturated carbocycles. The van der Waals surface area contributed by atoms with Crippen LogP contribution in [0.5, 0.6) is 0 Å². The van der Waals surface area contributed by atoms with Gasteiger partial charge in [-0.1, -0.05) is 18.2 Å². The van der Waals surface area contributed by atoms with Crippen LogP contribution in [0.15, 0.2) is 59.6 Å². The number of piperazine rings is 1. The number of carbonyl (C=O) groups is 2. The summed E-state index contributed by atoms with van der Waals surface area (Å²) >= 11 is 0. The number of amides is 2. The lowest BCUT2D eigenvalue weighted by Gasteiger charge is -2.46. The predicted molar refractivity (Wildman–Crippen MR) is 135 cm³/mol. The van der Waals surface area contributed by atoms with Crippen molar-refractivity contribution in [2.24, 2.45) is 5.92 Å². The highest BCUT2D eigenvalue weighted by Gasteiger charge is 2.39. The van der Waals surface area contributed by atoms with Crippen LogP contribution in [-0.4, -0.2) is 79.1 Å². The number of aryl methyl sites for hydroxylation is 1. The minimum absolute atomic E-state index is 0.0768. The van der Waals surface area contributed by atoms with Crippen LogP contribution in [0.25, 0.3) is 10.9 Å². The lowest BCUT2D eigenvalue weighted by Crippen LogP contribution is -2.64. The SMILES string of the molecule is Cc1cc(C(=O)N2CCN(C(=O)O)C(C3CNC3)C2)ccc1NS(=O)(=O)c1cccc2cccnc12. The van der Waals surface area contributed by atoms with Crippen molar-refractivity contribution in [1.82, 2.24) is 20.1 Å². The van der Waals surface area contributed by atoms with Crippen LogP contribution in [0.1, 0.15) is 15.9 Å². The Balaban J connectivity index is 1.34. The molecule has 2 fully saturated rings. The van der Waals surface area contributed by atoms with Crippen molar-refractivity contribution in [3.63, 3.8) is 0 Å². The zero-order valence-electron chi connectivity index (χ0n) is 19.7. The van der Waals surface area contributed by atoms with E-state index >= 15 is 0 Å². The second kappa shape index (κ2) is 9.40. The standard InChI is InChI=1S/C25H27N5O5S/c1-16-12-18(24(31)29-10-11-30(25(32)33)21(15-29)19-13-26-14-19)7-8-20(16)28-36(34,35)22-6-2-4-17-5-3-9-27-23(17)22/h2-9,12,19,21,26,28H,10-11,13-15H2,1H3,(H,32,33). The summed E-state index contributed by atoms with van der Waals surface area (Å²) in [5.74, 6) is -0.0214. The Morgan fingerprint density at radius 2 is 1.89 bits per heavy atom. The van der Waals surface area contributed by atoms with Crippen molar-refractivity contribution in [2.45, 2.75) is 17.9 Å². The van der Waals surface area contributed by atoms with E-state index in [0.717, 1.165) is 18.5 Å². The molecule has 2 aromatic carbocycles. The molecular formula is C25H27N5O5S. The number of hydrogen-bond acceptors (Lipinski definition) is 6. The molecule has 0 radical (unpaired) electrons. The largest absolute Gasteiger partial charge is 0.465 e. The topological polar surface area (TPSA) is 132 Å². The predicted octanol–water partition coefficient (Wildman–Crippen LogP) is 2.37. The quantitative estimate of drug-likeness (QED) is 0.481. The number of benzene rings is 2. The summed E-state index contributed by atoms with van der Waals surface area (Å²) in [5, 5.41) is 13.4. The van der Waals surface area contributed by atoms with Gasteiger partial charge in [-0.25, -0.2) is 13.2 Å². The van der Waals surface area contributed by atoms with Gasteiger partial charge in [-0.3, -0.25) is 14.5 Å². The molecule has 2 aliphatic heterocycles. The van der Waals surface area contributed by atoms with Gasteiger partial charge in [0, 0.05) is 55.8 Å². The van der Waals surface area contributed by atoms with Crippen LogP contribution < -0.4 is 10.0 Å². The fraction of sp³-hybridized carbons (Fsp3) is 0.320. The molecule has 11 heteroatoms. The van der Waals surface area contributed by atoms with Gasteiger partial charge in [0.1, 0.15) is 4.90 Å². The number of pyridine rings is 1. The third kappa shape index (κ3) is 4.47. The number of hydrogen-bond donors (Lipinski definition) is 3. The Labute approximate surface area is 209 Å². The molecule has 3 N–H and O–H groups in total. The van der Waals surface area contributed by atoms with Crippen LogP contribution in [-0.2, 0) is 10.0 Å². The average molecular weight is 510 g/mol. The molecule has 188 valence electrons. The summed E-state index contributed by atoms with van der Waals surface area (Å²) in [6.45, 7) is 4.11. The van der Waals surface area contributed by atoms with Gasteiger partial charge in [-0.2, -0.15) is 0 Å². The molecule has 3 heterocycles. The van der Waals surface area contributed by atoms with E-state index in [0.29, 0.717) is 35.4 Å². The van der Waals surface area contributed by atoms with Crippen LogP contribution in [0.3, 0.4) is 0 Å². The molecule has 36 heavy (non-hydrogen) atoms. The van der Waals surface area contributed by atoms with Gasteiger partial charge in [-0.05, 0) is 42.8 Å².